The smallest absolute Gasteiger partial charge is 0.410 e. The molecule has 2 rings (SSSR count). The number of nitrogen functional groups attached to an aromatic ring is 1. The molecule has 0 saturated carbocycles. The van der Waals surface area contributed by atoms with Gasteiger partial charge in [-0.2, -0.15) is 0 Å². The van der Waals surface area contributed by atoms with Crippen molar-refractivity contribution in [1.82, 2.24) is 4.90 Å². The Hall–Kier alpha value is -1.71. The first-order valence-electron chi connectivity index (χ1n) is 5.48. The Morgan fingerprint density at radius 3 is 2.75 bits per heavy atom. The monoisotopic (exact) mass is 220 g/mol. The summed E-state index contributed by atoms with van der Waals surface area (Å²) in [5, 5.41) is 0. The van der Waals surface area contributed by atoms with Gasteiger partial charge in [-0.05, 0) is 31.0 Å². The number of nitrogens with two attached hydrogens (primary N) is 1. The molecule has 1 aliphatic rings. The molecular weight excluding hydrogens is 204 g/mol. The number of hydrogen-bond acceptors (Lipinski definition) is 3. The molecule has 86 valence electrons. The van der Waals surface area contributed by atoms with Crippen molar-refractivity contribution in [2.75, 3.05) is 18.9 Å². The molecule has 1 heterocycles. The van der Waals surface area contributed by atoms with Gasteiger partial charge in [-0.15, -0.1) is 0 Å². The Kier molecular flexibility index (Phi) is 2.99. The van der Waals surface area contributed by atoms with Crippen LogP contribution < -0.4 is 5.73 Å². The van der Waals surface area contributed by atoms with Crippen LogP contribution in [-0.4, -0.2) is 30.2 Å². The number of carbonyl (C=O) groups is 1. The van der Waals surface area contributed by atoms with Crippen molar-refractivity contribution in [3.63, 3.8) is 0 Å². The Morgan fingerprint density at radius 2 is 2.12 bits per heavy atom. The summed E-state index contributed by atoms with van der Waals surface area (Å²) in [4.78, 5) is 13.1. The van der Waals surface area contributed by atoms with Gasteiger partial charge in [-0.1, -0.05) is 12.1 Å². The summed E-state index contributed by atoms with van der Waals surface area (Å²) in [6, 6.07) is 7.89. The molecule has 0 radical (unpaired) electrons. The minimum atomic E-state index is -0.206. The van der Waals surface area contributed by atoms with Gasteiger partial charge < -0.3 is 15.4 Å². The molecule has 0 bridgehead atoms. The maximum absolute atomic E-state index is 11.3. The average Bonchev–Trinajstić information content (AvgIpc) is 2.63. The fourth-order valence-corrected chi connectivity index (χ4v) is 1.97. The third kappa shape index (κ3) is 2.10. The minimum absolute atomic E-state index is 0.154. The van der Waals surface area contributed by atoms with E-state index in [1.54, 1.807) is 4.90 Å². The molecule has 0 aliphatic carbocycles. The Morgan fingerprint density at radius 1 is 1.44 bits per heavy atom. The number of hydrogen-bond donors (Lipinski definition) is 1. The van der Waals surface area contributed by atoms with Crippen molar-refractivity contribution in [1.29, 1.82) is 0 Å². The molecule has 1 aromatic rings. The van der Waals surface area contributed by atoms with E-state index < -0.39 is 0 Å². The van der Waals surface area contributed by atoms with Crippen LogP contribution >= 0.6 is 0 Å². The standard InChI is InChI=1S/C12H16N2O2/c1-2-14-11(8-16-12(14)15)7-9-3-5-10(13)6-4-9/h3-6,11H,2,7-8,13H2,1H3/t11-/m1/s1. The minimum Gasteiger partial charge on any atom is -0.447 e. The number of anilines is 1. The number of rotatable bonds is 3. The van der Waals surface area contributed by atoms with E-state index in [0.717, 1.165) is 12.1 Å². The molecule has 2 N–H and O–H groups in total. The SMILES string of the molecule is CCN1C(=O)OC[C@H]1Cc1ccc(N)cc1. The quantitative estimate of drug-likeness (QED) is 0.788. The number of amides is 1. The molecule has 16 heavy (non-hydrogen) atoms. The molecule has 4 nitrogen and oxygen atoms in total. The van der Waals surface area contributed by atoms with Gasteiger partial charge in [0.1, 0.15) is 6.61 Å². The highest BCUT2D eigenvalue weighted by Gasteiger charge is 2.31. The molecule has 4 heteroatoms. The van der Waals surface area contributed by atoms with Crippen LogP contribution in [0.4, 0.5) is 10.5 Å². The van der Waals surface area contributed by atoms with Gasteiger partial charge in [0.15, 0.2) is 0 Å². The van der Waals surface area contributed by atoms with Gasteiger partial charge in [-0.25, -0.2) is 4.79 Å². The van der Waals surface area contributed by atoms with Gasteiger partial charge in [-0.3, -0.25) is 0 Å². The largest absolute Gasteiger partial charge is 0.447 e. The van der Waals surface area contributed by atoms with Crippen LogP contribution in [0.2, 0.25) is 0 Å². The summed E-state index contributed by atoms with van der Waals surface area (Å²) in [6.45, 7) is 3.14. The summed E-state index contributed by atoms with van der Waals surface area (Å²) in [5.74, 6) is 0. The van der Waals surface area contributed by atoms with E-state index in [4.69, 9.17) is 10.5 Å². The number of ether oxygens (including phenoxy) is 1. The number of likely N-dealkylation sites (N-methyl/N-ethyl adjacent to an activating group) is 1. The van der Waals surface area contributed by atoms with Gasteiger partial charge in [0.25, 0.3) is 0 Å². The first-order valence-corrected chi connectivity index (χ1v) is 5.48. The second kappa shape index (κ2) is 4.43. The molecule has 0 aromatic heterocycles. The van der Waals surface area contributed by atoms with Gasteiger partial charge >= 0.3 is 6.09 Å². The highest BCUT2D eigenvalue weighted by molar-refractivity contribution is 5.70. The van der Waals surface area contributed by atoms with Crippen LogP contribution in [0.15, 0.2) is 24.3 Å². The fraction of sp³-hybridized carbons (Fsp3) is 0.417. The second-order valence-electron chi connectivity index (χ2n) is 3.96. The third-order valence-electron chi connectivity index (χ3n) is 2.87. The van der Waals surface area contributed by atoms with E-state index in [1.807, 2.05) is 31.2 Å². The number of benzene rings is 1. The first-order chi connectivity index (χ1) is 7.70. The molecule has 0 unspecified atom stereocenters. The van der Waals surface area contributed by atoms with Crippen molar-refractivity contribution in [2.45, 2.75) is 19.4 Å². The van der Waals surface area contributed by atoms with Crippen LogP contribution in [0.25, 0.3) is 0 Å². The van der Waals surface area contributed by atoms with E-state index in [2.05, 4.69) is 0 Å². The summed E-state index contributed by atoms with van der Waals surface area (Å²) in [6.07, 6.45) is 0.614. The summed E-state index contributed by atoms with van der Waals surface area (Å²) >= 11 is 0. The molecule has 1 amide bonds. The number of carbonyl (C=O) groups excluding carboxylic acids is 1. The van der Waals surface area contributed by atoms with Crippen LogP contribution in [0.1, 0.15) is 12.5 Å². The predicted octanol–water partition coefficient (Wildman–Crippen LogP) is 1.65. The van der Waals surface area contributed by atoms with Crippen LogP contribution in [0.5, 0.6) is 0 Å². The summed E-state index contributed by atoms with van der Waals surface area (Å²) in [7, 11) is 0. The van der Waals surface area contributed by atoms with Crippen molar-refractivity contribution in [3.05, 3.63) is 29.8 Å². The second-order valence-corrected chi connectivity index (χ2v) is 3.96. The predicted molar refractivity (Wildman–Crippen MR) is 62.1 cm³/mol. The highest BCUT2D eigenvalue weighted by atomic mass is 16.6. The fourth-order valence-electron chi connectivity index (χ4n) is 1.97. The van der Waals surface area contributed by atoms with Crippen molar-refractivity contribution < 1.29 is 9.53 Å². The van der Waals surface area contributed by atoms with Crippen LogP contribution in [0.3, 0.4) is 0 Å². The van der Waals surface area contributed by atoms with E-state index in [9.17, 15) is 4.79 Å². The maximum atomic E-state index is 11.3. The lowest BCUT2D eigenvalue weighted by Crippen LogP contribution is -2.34. The zero-order valence-electron chi connectivity index (χ0n) is 9.35. The van der Waals surface area contributed by atoms with Crippen molar-refractivity contribution >= 4 is 11.8 Å². The molecule has 1 aromatic carbocycles. The molecule has 1 saturated heterocycles. The Bertz CT molecular complexity index is 375. The Labute approximate surface area is 95.0 Å². The van der Waals surface area contributed by atoms with E-state index in [0.29, 0.717) is 13.2 Å². The summed E-state index contributed by atoms with van der Waals surface area (Å²) in [5.41, 5.74) is 7.56. The normalized spacial score (nSPS) is 19.9. The number of nitrogens with zero attached hydrogens (tertiary/aromatic N) is 1. The molecular formula is C12H16N2O2. The van der Waals surface area contributed by atoms with Crippen molar-refractivity contribution in [3.8, 4) is 0 Å². The topological polar surface area (TPSA) is 55.6 Å². The highest BCUT2D eigenvalue weighted by Crippen LogP contribution is 2.17. The van der Waals surface area contributed by atoms with Gasteiger partial charge in [0.05, 0.1) is 6.04 Å². The molecule has 0 spiro atoms. The lowest BCUT2D eigenvalue weighted by atomic mass is 10.1. The third-order valence-corrected chi connectivity index (χ3v) is 2.87. The molecule has 1 aliphatic heterocycles. The van der Waals surface area contributed by atoms with E-state index >= 15 is 0 Å². The Balaban J connectivity index is 2.04. The molecule has 1 atom stereocenters. The van der Waals surface area contributed by atoms with Gasteiger partial charge in [0.2, 0.25) is 0 Å². The molecule has 1 fully saturated rings. The lowest BCUT2D eigenvalue weighted by Gasteiger charge is -2.19. The zero-order valence-corrected chi connectivity index (χ0v) is 9.35. The van der Waals surface area contributed by atoms with Gasteiger partial charge in [0, 0.05) is 12.2 Å². The zero-order chi connectivity index (χ0) is 11.5. The first kappa shape index (κ1) is 10.8. The van der Waals surface area contributed by atoms with Crippen LogP contribution in [0, 0.1) is 0 Å². The summed E-state index contributed by atoms with van der Waals surface area (Å²) < 4.78 is 5.03. The average molecular weight is 220 g/mol. The van der Waals surface area contributed by atoms with Crippen LogP contribution in [-0.2, 0) is 11.2 Å². The van der Waals surface area contributed by atoms with Crippen molar-refractivity contribution in [2.24, 2.45) is 0 Å². The number of cyclic esters (lactones) is 1. The maximum Gasteiger partial charge on any atom is 0.410 e. The van der Waals surface area contributed by atoms with E-state index in [1.165, 1.54) is 5.56 Å². The lowest BCUT2D eigenvalue weighted by molar-refractivity contribution is 0.159. The van der Waals surface area contributed by atoms with E-state index in [-0.39, 0.29) is 12.1 Å².